The molecule has 0 heterocycles. The molecule has 2 rings (SSSR count). The van der Waals surface area contributed by atoms with Crippen LogP contribution in [0, 0.1) is 11.6 Å². The van der Waals surface area contributed by atoms with Crippen molar-refractivity contribution in [1.29, 1.82) is 0 Å². The molecular weight excluding hydrogens is 242 g/mol. The quantitative estimate of drug-likeness (QED) is 0.768. The van der Waals surface area contributed by atoms with Crippen LogP contribution in [0.3, 0.4) is 0 Å². The zero-order valence-corrected chi connectivity index (χ0v) is 9.51. The Kier molecular flexibility index (Phi) is 3.54. The van der Waals surface area contributed by atoms with E-state index in [9.17, 15) is 13.6 Å². The minimum absolute atomic E-state index is 0.530. The molecule has 0 N–H and O–H groups in total. The van der Waals surface area contributed by atoms with E-state index in [1.807, 2.05) is 0 Å². The predicted octanol–water partition coefficient (Wildman–Crippen LogP) is 3.93. The van der Waals surface area contributed by atoms with E-state index in [4.69, 9.17) is 0 Å². The zero-order valence-electron chi connectivity index (χ0n) is 8.69. The van der Waals surface area contributed by atoms with E-state index in [0.29, 0.717) is 15.4 Å². The Bertz CT molecular complexity index is 555. The van der Waals surface area contributed by atoms with Gasteiger partial charge in [-0.3, -0.25) is 4.79 Å². The molecule has 0 atom stereocenters. The standard InChI is InChI=1S/C13H8F2OS/c14-11-6-5-10(7-12(11)15)17-13-4-2-1-3-9(13)8-16/h1-8H. The van der Waals surface area contributed by atoms with Crippen LogP contribution in [-0.4, -0.2) is 6.29 Å². The molecule has 0 aliphatic heterocycles. The summed E-state index contributed by atoms with van der Waals surface area (Å²) in [6, 6.07) is 10.6. The topological polar surface area (TPSA) is 17.1 Å². The van der Waals surface area contributed by atoms with Crippen molar-refractivity contribution in [3.05, 3.63) is 59.7 Å². The SMILES string of the molecule is O=Cc1ccccc1Sc1ccc(F)c(F)c1. The first-order valence-corrected chi connectivity index (χ1v) is 5.69. The van der Waals surface area contributed by atoms with Gasteiger partial charge in [-0.2, -0.15) is 0 Å². The average Bonchev–Trinajstić information content (AvgIpc) is 2.34. The van der Waals surface area contributed by atoms with Crippen LogP contribution in [0.25, 0.3) is 0 Å². The summed E-state index contributed by atoms with van der Waals surface area (Å²) >= 11 is 1.22. The van der Waals surface area contributed by atoms with Gasteiger partial charge in [0.15, 0.2) is 17.9 Å². The molecule has 0 radical (unpaired) electrons. The number of hydrogen-bond acceptors (Lipinski definition) is 2. The van der Waals surface area contributed by atoms with Crippen molar-refractivity contribution in [2.75, 3.05) is 0 Å². The van der Waals surface area contributed by atoms with E-state index in [0.717, 1.165) is 18.4 Å². The van der Waals surface area contributed by atoms with Gasteiger partial charge in [0.25, 0.3) is 0 Å². The van der Waals surface area contributed by atoms with Crippen LogP contribution >= 0.6 is 11.8 Å². The Morgan fingerprint density at radius 1 is 1.00 bits per heavy atom. The van der Waals surface area contributed by atoms with Gasteiger partial charge in [0.1, 0.15) is 0 Å². The molecule has 0 saturated carbocycles. The Morgan fingerprint density at radius 3 is 2.47 bits per heavy atom. The highest BCUT2D eigenvalue weighted by Gasteiger charge is 2.06. The Hall–Kier alpha value is -1.68. The molecule has 0 aliphatic carbocycles. The zero-order chi connectivity index (χ0) is 12.3. The molecule has 0 bridgehead atoms. The molecule has 0 amide bonds. The summed E-state index contributed by atoms with van der Waals surface area (Å²) in [5.41, 5.74) is 0.530. The molecule has 0 fully saturated rings. The fraction of sp³-hybridized carbons (Fsp3) is 0. The fourth-order valence-corrected chi connectivity index (χ4v) is 2.27. The van der Waals surface area contributed by atoms with Crippen molar-refractivity contribution in [2.24, 2.45) is 0 Å². The molecule has 2 aromatic carbocycles. The summed E-state index contributed by atoms with van der Waals surface area (Å²) in [4.78, 5) is 12.1. The van der Waals surface area contributed by atoms with Gasteiger partial charge in [-0.05, 0) is 24.3 Å². The number of hydrogen-bond donors (Lipinski definition) is 0. The highest BCUT2D eigenvalue weighted by atomic mass is 32.2. The van der Waals surface area contributed by atoms with Crippen LogP contribution in [0.5, 0.6) is 0 Å². The van der Waals surface area contributed by atoms with Crippen molar-refractivity contribution in [3.63, 3.8) is 0 Å². The lowest BCUT2D eigenvalue weighted by molar-refractivity contribution is 0.112. The molecule has 86 valence electrons. The second-order valence-electron chi connectivity index (χ2n) is 3.33. The van der Waals surface area contributed by atoms with Crippen LogP contribution < -0.4 is 0 Å². The van der Waals surface area contributed by atoms with Crippen LogP contribution in [0.1, 0.15) is 10.4 Å². The van der Waals surface area contributed by atoms with E-state index < -0.39 is 11.6 Å². The summed E-state index contributed by atoms with van der Waals surface area (Å²) in [7, 11) is 0. The van der Waals surface area contributed by atoms with Gasteiger partial charge in [-0.15, -0.1) is 0 Å². The summed E-state index contributed by atoms with van der Waals surface area (Å²) in [5, 5.41) is 0. The largest absolute Gasteiger partial charge is 0.298 e. The van der Waals surface area contributed by atoms with Gasteiger partial charge in [-0.1, -0.05) is 30.0 Å². The number of carbonyl (C=O) groups is 1. The van der Waals surface area contributed by atoms with E-state index in [1.165, 1.54) is 17.8 Å². The number of rotatable bonds is 3. The Balaban J connectivity index is 2.31. The summed E-state index contributed by atoms with van der Waals surface area (Å²) in [6.45, 7) is 0. The fourth-order valence-electron chi connectivity index (χ4n) is 1.34. The minimum Gasteiger partial charge on any atom is -0.298 e. The molecule has 17 heavy (non-hydrogen) atoms. The minimum atomic E-state index is -0.890. The van der Waals surface area contributed by atoms with Gasteiger partial charge in [0.05, 0.1) is 0 Å². The highest BCUT2D eigenvalue weighted by molar-refractivity contribution is 7.99. The molecule has 2 aromatic rings. The summed E-state index contributed by atoms with van der Waals surface area (Å²) in [5.74, 6) is -1.77. The first kappa shape index (κ1) is 11.8. The lowest BCUT2D eigenvalue weighted by atomic mass is 10.2. The van der Waals surface area contributed by atoms with Crippen molar-refractivity contribution in [1.82, 2.24) is 0 Å². The second kappa shape index (κ2) is 5.10. The van der Waals surface area contributed by atoms with E-state index >= 15 is 0 Å². The maximum absolute atomic E-state index is 13.0. The molecule has 0 aromatic heterocycles. The number of carbonyl (C=O) groups excluding carboxylic acids is 1. The van der Waals surface area contributed by atoms with Gasteiger partial charge >= 0.3 is 0 Å². The normalized spacial score (nSPS) is 10.2. The van der Waals surface area contributed by atoms with E-state index in [1.54, 1.807) is 24.3 Å². The van der Waals surface area contributed by atoms with Crippen molar-refractivity contribution in [2.45, 2.75) is 9.79 Å². The van der Waals surface area contributed by atoms with Crippen LogP contribution in [0.2, 0.25) is 0 Å². The lowest BCUT2D eigenvalue weighted by Crippen LogP contribution is -1.86. The first-order valence-electron chi connectivity index (χ1n) is 4.88. The van der Waals surface area contributed by atoms with Crippen LogP contribution in [0.4, 0.5) is 8.78 Å². The number of benzene rings is 2. The molecule has 1 nitrogen and oxygen atoms in total. The molecule has 0 saturated heterocycles. The Morgan fingerprint density at radius 2 is 1.76 bits per heavy atom. The summed E-state index contributed by atoms with van der Waals surface area (Å²) in [6.07, 6.45) is 0.738. The Labute approximate surface area is 101 Å². The van der Waals surface area contributed by atoms with Crippen molar-refractivity contribution >= 4 is 18.0 Å². The number of halogens is 2. The highest BCUT2D eigenvalue weighted by Crippen LogP contribution is 2.30. The molecule has 0 unspecified atom stereocenters. The monoisotopic (exact) mass is 250 g/mol. The predicted molar refractivity (Wildman–Crippen MR) is 62.3 cm³/mol. The van der Waals surface area contributed by atoms with E-state index in [-0.39, 0.29) is 0 Å². The third-order valence-corrected chi connectivity index (χ3v) is 3.25. The van der Waals surface area contributed by atoms with Crippen molar-refractivity contribution in [3.8, 4) is 0 Å². The third kappa shape index (κ3) is 2.71. The number of aldehydes is 1. The summed E-state index contributed by atoms with van der Waals surface area (Å²) < 4.78 is 25.7. The first-order chi connectivity index (χ1) is 8.20. The van der Waals surface area contributed by atoms with Gasteiger partial charge in [-0.25, -0.2) is 8.78 Å². The third-order valence-electron chi connectivity index (χ3n) is 2.16. The average molecular weight is 250 g/mol. The maximum Gasteiger partial charge on any atom is 0.159 e. The van der Waals surface area contributed by atoms with Crippen LogP contribution in [0.15, 0.2) is 52.3 Å². The molecule has 0 aliphatic rings. The van der Waals surface area contributed by atoms with Crippen molar-refractivity contribution < 1.29 is 13.6 Å². The molecule has 0 spiro atoms. The molecular formula is C13H8F2OS. The lowest BCUT2D eigenvalue weighted by Gasteiger charge is -2.04. The molecule has 4 heteroatoms. The van der Waals surface area contributed by atoms with Gasteiger partial charge in [0, 0.05) is 15.4 Å². The van der Waals surface area contributed by atoms with Gasteiger partial charge in [0.2, 0.25) is 0 Å². The second-order valence-corrected chi connectivity index (χ2v) is 4.45. The van der Waals surface area contributed by atoms with Gasteiger partial charge < -0.3 is 0 Å². The van der Waals surface area contributed by atoms with E-state index in [2.05, 4.69) is 0 Å². The van der Waals surface area contributed by atoms with Crippen LogP contribution in [-0.2, 0) is 0 Å². The maximum atomic E-state index is 13.0. The smallest absolute Gasteiger partial charge is 0.159 e.